The summed E-state index contributed by atoms with van der Waals surface area (Å²) in [6, 6.07) is 7.60. The zero-order chi connectivity index (χ0) is 14.0. The molecule has 2 amide bonds. The average molecular weight is 342 g/mol. The van der Waals surface area contributed by atoms with E-state index in [1.807, 2.05) is 38.4 Å². The quantitative estimate of drug-likeness (QED) is 0.849. The predicted octanol–water partition coefficient (Wildman–Crippen LogP) is 1.59. The molecule has 1 aliphatic heterocycles. The highest BCUT2D eigenvalue weighted by Crippen LogP contribution is 2.32. The van der Waals surface area contributed by atoms with Crippen molar-refractivity contribution in [1.82, 2.24) is 4.90 Å². The standard InChI is InChI=1S/C13H13BrN2O2S/c1-15(2)8-16-12(17)11(19-13(16)18)7-9-5-3-4-6-10(9)14/h3-7H,8H2,1-2H3/p+1/b11-7+. The topological polar surface area (TPSA) is 41.8 Å². The van der Waals surface area contributed by atoms with Crippen LogP contribution in [0.5, 0.6) is 0 Å². The summed E-state index contributed by atoms with van der Waals surface area (Å²) in [6.45, 7) is 0.387. The zero-order valence-corrected chi connectivity index (χ0v) is 13.0. The lowest BCUT2D eigenvalue weighted by Gasteiger charge is -2.14. The van der Waals surface area contributed by atoms with Gasteiger partial charge in [-0.2, -0.15) is 0 Å². The van der Waals surface area contributed by atoms with Crippen molar-refractivity contribution in [1.29, 1.82) is 0 Å². The van der Waals surface area contributed by atoms with Crippen LogP contribution in [0.4, 0.5) is 4.79 Å². The van der Waals surface area contributed by atoms with Crippen LogP contribution in [0, 0.1) is 0 Å². The maximum Gasteiger partial charge on any atom is 0.298 e. The molecule has 0 aromatic heterocycles. The van der Waals surface area contributed by atoms with Gasteiger partial charge in [0.05, 0.1) is 19.0 Å². The van der Waals surface area contributed by atoms with Gasteiger partial charge in [-0.15, -0.1) is 0 Å². The summed E-state index contributed by atoms with van der Waals surface area (Å²) in [5.41, 5.74) is 0.894. The van der Waals surface area contributed by atoms with Gasteiger partial charge >= 0.3 is 0 Å². The maximum absolute atomic E-state index is 12.2. The molecule has 0 atom stereocenters. The van der Waals surface area contributed by atoms with E-state index in [4.69, 9.17) is 0 Å². The van der Waals surface area contributed by atoms with Gasteiger partial charge in [-0.05, 0) is 29.5 Å². The molecule has 1 aliphatic rings. The Morgan fingerprint density at radius 2 is 2.00 bits per heavy atom. The highest BCUT2D eigenvalue weighted by atomic mass is 79.9. The number of nitrogens with one attached hydrogen (secondary N) is 1. The van der Waals surface area contributed by atoms with Crippen LogP contribution in [-0.2, 0) is 4.79 Å². The Kier molecular flexibility index (Phi) is 4.44. The van der Waals surface area contributed by atoms with Crippen molar-refractivity contribution in [2.75, 3.05) is 20.8 Å². The number of hydrogen-bond acceptors (Lipinski definition) is 3. The molecule has 1 N–H and O–H groups in total. The van der Waals surface area contributed by atoms with Gasteiger partial charge in [0.25, 0.3) is 11.1 Å². The molecule has 1 heterocycles. The van der Waals surface area contributed by atoms with Gasteiger partial charge in [-0.3, -0.25) is 9.59 Å². The molecular formula is C13H14BrN2O2S+. The number of imide groups is 1. The van der Waals surface area contributed by atoms with Crippen molar-refractivity contribution in [2.24, 2.45) is 0 Å². The van der Waals surface area contributed by atoms with Crippen LogP contribution in [-0.4, -0.2) is 36.8 Å². The highest BCUT2D eigenvalue weighted by molar-refractivity contribution is 9.10. The first-order valence-electron chi connectivity index (χ1n) is 5.78. The second-order valence-electron chi connectivity index (χ2n) is 4.50. The molecule has 6 heteroatoms. The number of benzene rings is 1. The van der Waals surface area contributed by atoms with Crippen molar-refractivity contribution in [2.45, 2.75) is 0 Å². The van der Waals surface area contributed by atoms with Crippen molar-refractivity contribution in [3.63, 3.8) is 0 Å². The number of carbonyl (C=O) groups is 2. The summed E-state index contributed by atoms with van der Waals surface area (Å²) in [4.78, 5) is 26.7. The third-order valence-electron chi connectivity index (χ3n) is 2.54. The van der Waals surface area contributed by atoms with E-state index in [0.29, 0.717) is 11.6 Å². The SMILES string of the molecule is C[NH+](C)CN1C(=O)S/C(=C/c2ccccc2Br)C1=O. The molecule has 1 saturated heterocycles. The monoisotopic (exact) mass is 341 g/mol. The first-order chi connectivity index (χ1) is 8.99. The zero-order valence-electron chi connectivity index (χ0n) is 10.6. The Labute approximate surface area is 124 Å². The molecule has 100 valence electrons. The van der Waals surface area contributed by atoms with Gasteiger partial charge in [0.15, 0.2) is 6.67 Å². The molecule has 1 aromatic rings. The molecule has 4 nitrogen and oxygen atoms in total. The molecule has 0 unspecified atom stereocenters. The Bertz CT molecular complexity index is 557. The third kappa shape index (κ3) is 3.26. The Morgan fingerprint density at radius 3 is 2.63 bits per heavy atom. The largest absolute Gasteiger partial charge is 0.322 e. The number of hydrogen-bond donors (Lipinski definition) is 1. The van der Waals surface area contributed by atoms with Crippen molar-refractivity contribution < 1.29 is 14.5 Å². The summed E-state index contributed by atoms with van der Waals surface area (Å²) < 4.78 is 0.903. The highest BCUT2D eigenvalue weighted by Gasteiger charge is 2.36. The fourth-order valence-corrected chi connectivity index (χ4v) is 2.91. The second-order valence-corrected chi connectivity index (χ2v) is 6.34. The van der Waals surface area contributed by atoms with Crippen LogP contribution < -0.4 is 4.90 Å². The summed E-state index contributed by atoms with van der Waals surface area (Å²) >= 11 is 4.42. The number of thioether (sulfide) groups is 1. The molecule has 1 fully saturated rings. The van der Waals surface area contributed by atoms with Gasteiger partial charge in [-0.1, -0.05) is 34.1 Å². The number of halogens is 1. The number of rotatable bonds is 3. The predicted molar refractivity (Wildman–Crippen MR) is 79.6 cm³/mol. The van der Waals surface area contributed by atoms with Crippen LogP contribution in [0.15, 0.2) is 33.6 Å². The molecule has 0 saturated carbocycles. The Hall–Kier alpha value is -1.11. The lowest BCUT2D eigenvalue weighted by Crippen LogP contribution is -3.07. The Morgan fingerprint density at radius 1 is 1.32 bits per heavy atom. The Balaban J connectivity index is 2.26. The molecule has 2 rings (SSSR count). The van der Waals surface area contributed by atoms with Crippen molar-refractivity contribution >= 4 is 44.9 Å². The molecule has 0 aliphatic carbocycles. The van der Waals surface area contributed by atoms with E-state index < -0.39 is 0 Å². The minimum absolute atomic E-state index is 0.204. The number of nitrogens with zero attached hydrogens (tertiary/aromatic N) is 1. The minimum Gasteiger partial charge on any atom is -0.322 e. The fourth-order valence-electron chi connectivity index (χ4n) is 1.69. The van der Waals surface area contributed by atoms with Crippen LogP contribution in [0.25, 0.3) is 6.08 Å². The van der Waals surface area contributed by atoms with Crippen LogP contribution >= 0.6 is 27.7 Å². The normalized spacial score (nSPS) is 17.9. The van der Waals surface area contributed by atoms with Gasteiger partial charge in [-0.25, -0.2) is 4.90 Å². The lowest BCUT2D eigenvalue weighted by atomic mass is 10.2. The van der Waals surface area contributed by atoms with E-state index in [2.05, 4.69) is 15.9 Å². The lowest BCUT2D eigenvalue weighted by molar-refractivity contribution is -0.866. The van der Waals surface area contributed by atoms with Gasteiger partial charge in [0.2, 0.25) is 0 Å². The fraction of sp³-hybridized carbons (Fsp3) is 0.231. The minimum atomic E-state index is -0.216. The summed E-state index contributed by atoms with van der Waals surface area (Å²) in [5.74, 6) is -0.216. The van der Waals surface area contributed by atoms with Crippen molar-refractivity contribution in [3.8, 4) is 0 Å². The molecule has 0 bridgehead atoms. The number of carbonyl (C=O) groups excluding carboxylic acids is 2. The van der Waals surface area contributed by atoms with E-state index in [0.717, 1.165) is 26.7 Å². The molecule has 0 radical (unpaired) electrons. The third-order valence-corrected chi connectivity index (χ3v) is 4.17. The van der Waals surface area contributed by atoms with Crippen LogP contribution in [0.2, 0.25) is 0 Å². The van der Waals surface area contributed by atoms with Gasteiger partial charge in [0, 0.05) is 4.47 Å². The molecular weight excluding hydrogens is 328 g/mol. The van der Waals surface area contributed by atoms with Crippen LogP contribution in [0.3, 0.4) is 0 Å². The second kappa shape index (κ2) is 5.90. The maximum atomic E-state index is 12.2. The summed E-state index contributed by atoms with van der Waals surface area (Å²) in [7, 11) is 3.81. The number of quaternary nitrogens is 1. The molecule has 19 heavy (non-hydrogen) atoms. The first kappa shape index (κ1) is 14.3. The van der Waals surface area contributed by atoms with Crippen molar-refractivity contribution in [3.05, 3.63) is 39.2 Å². The van der Waals surface area contributed by atoms with E-state index in [1.165, 1.54) is 4.90 Å². The van der Waals surface area contributed by atoms with Gasteiger partial charge < -0.3 is 4.90 Å². The summed E-state index contributed by atoms with van der Waals surface area (Å²) in [5, 5.41) is -0.204. The van der Waals surface area contributed by atoms with E-state index in [-0.39, 0.29) is 11.1 Å². The molecule has 0 spiro atoms. The summed E-state index contributed by atoms with van der Waals surface area (Å²) in [6.07, 6.45) is 1.75. The van der Waals surface area contributed by atoms with Crippen LogP contribution in [0.1, 0.15) is 5.56 Å². The smallest absolute Gasteiger partial charge is 0.298 e. The first-order valence-corrected chi connectivity index (χ1v) is 7.39. The average Bonchev–Trinajstić information content (AvgIpc) is 2.60. The molecule has 1 aromatic carbocycles. The van der Waals surface area contributed by atoms with E-state index in [1.54, 1.807) is 6.08 Å². The van der Waals surface area contributed by atoms with E-state index >= 15 is 0 Å². The van der Waals surface area contributed by atoms with Gasteiger partial charge in [0.1, 0.15) is 0 Å². The number of amides is 2. The van der Waals surface area contributed by atoms with E-state index in [9.17, 15) is 9.59 Å².